The SMILES string of the molecule is CCNC1CC(O)CCC1C(C)(C)C. The molecule has 1 aliphatic carbocycles. The third kappa shape index (κ3) is 2.96. The predicted octanol–water partition coefficient (Wildman–Crippen LogP) is 2.17. The number of hydrogen-bond donors (Lipinski definition) is 2. The van der Waals surface area contributed by atoms with Gasteiger partial charge in [0.25, 0.3) is 0 Å². The number of aliphatic hydroxyl groups excluding tert-OH is 1. The van der Waals surface area contributed by atoms with Gasteiger partial charge in [-0.2, -0.15) is 0 Å². The minimum Gasteiger partial charge on any atom is -0.393 e. The molecule has 3 atom stereocenters. The van der Waals surface area contributed by atoms with Crippen LogP contribution in [0.1, 0.15) is 47.0 Å². The fraction of sp³-hybridized carbons (Fsp3) is 1.00. The van der Waals surface area contributed by atoms with E-state index in [-0.39, 0.29) is 6.10 Å². The summed E-state index contributed by atoms with van der Waals surface area (Å²) in [7, 11) is 0. The summed E-state index contributed by atoms with van der Waals surface area (Å²) in [6, 6.07) is 0.503. The van der Waals surface area contributed by atoms with Crippen molar-refractivity contribution in [2.75, 3.05) is 6.54 Å². The van der Waals surface area contributed by atoms with E-state index in [1.807, 2.05) is 0 Å². The Kier molecular flexibility index (Phi) is 3.96. The van der Waals surface area contributed by atoms with Crippen molar-refractivity contribution < 1.29 is 5.11 Å². The summed E-state index contributed by atoms with van der Waals surface area (Å²) in [5.74, 6) is 0.700. The van der Waals surface area contributed by atoms with Gasteiger partial charge in [-0.15, -0.1) is 0 Å². The molecule has 0 saturated heterocycles. The van der Waals surface area contributed by atoms with Crippen LogP contribution >= 0.6 is 0 Å². The van der Waals surface area contributed by atoms with E-state index >= 15 is 0 Å². The molecule has 14 heavy (non-hydrogen) atoms. The topological polar surface area (TPSA) is 32.3 Å². The molecule has 1 rings (SSSR count). The van der Waals surface area contributed by atoms with Gasteiger partial charge in [0.15, 0.2) is 0 Å². The average molecular weight is 199 g/mol. The molecular weight excluding hydrogens is 174 g/mol. The first-order chi connectivity index (χ1) is 6.45. The molecule has 0 heterocycles. The Balaban J connectivity index is 2.62. The van der Waals surface area contributed by atoms with Gasteiger partial charge in [0.1, 0.15) is 0 Å². The Morgan fingerprint density at radius 2 is 1.93 bits per heavy atom. The second-order valence-electron chi connectivity index (χ2n) is 5.60. The molecule has 0 spiro atoms. The van der Waals surface area contributed by atoms with E-state index in [9.17, 15) is 5.11 Å². The Hall–Kier alpha value is -0.0800. The molecule has 2 nitrogen and oxygen atoms in total. The highest BCUT2D eigenvalue weighted by atomic mass is 16.3. The molecule has 2 heteroatoms. The van der Waals surface area contributed by atoms with E-state index in [2.05, 4.69) is 33.0 Å². The monoisotopic (exact) mass is 199 g/mol. The third-order valence-corrected chi connectivity index (χ3v) is 3.40. The summed E-state index contributed by atoms with van der Waals surface area (Å²) >= 11 is 0. The van der Waals surface area contributed by atoms with Gasteiger partial charge in [0.05, 0.1) is 6.10 Å². The van der Waals surface area contributed by atoms with Crippen LogP contribution in [0.4, 0.5) is 0 Å². The van der Waals surface area contributed by atoms with Crippen molar-refractivity contribution in [3.05, 3.63) is 0 Å². The molecule has 2 N–H and O–H groups in total. The highest BCUT2D eigenvalue weighted by Gasteiger charge is 2.36. The summed E-state index contributed by atoms with van der Waals surface area (Å²) in [5, 5.41) is 13.2. The Morgan fingerprint density at radius 1 is 1.29 bits per heavy atom. The summed E-state index contributed by atoms with van der Waals surface area (Å²) in [6.45, 7) is 10.1. The molecule has 0 aliphatic heterocycles. The smallest absolute Gasteiger partial charge is 0.0555 e. The molecule has 0 aromatic carbocycles. The zero-order chi connectivity index (χ0) is 10.8. The van der Waals surface area contributed by atoms with Gasteiger partial charge >= 0.3 is 0 Å². The lowest BCUT2D eigenvalue weighted by atomic mass is 9.69. The number of aliphatic hydroxyl groups is 1. The lowest BCUT2D eigenvalue weighted by Gasteiger charge is -2.42. The van der Waals surface area contributed by atoms with E-state index in [1.54, 1.807) is 0 Å². The molecule has 0 aromatic heterocycles. The van der Waals surface area contributed by atoms with Crippen LogP contribution in [0.3, 0.4) is 0 Å². The molecule has 0 amide bonds. The van der Waals surface area contributed by atoms with Crippen molar-refractivity contribution in [1.82, 2.24) is 5.32 Å². The first kappa shape index (κ1) is 12.0. The maximum atomic E-state index is 9.65. The van der Waals surface area contributed by atoms with Gasteiger partial charge < -0.3 is 10.4 Å². The van der Waals surface area contributed by atoms with Crippen molar-refractivity contribution in [1.29, 1.82) is 0 Å². The third-order valence-electron chi connectivity index (χ3n) is 3.40. The Labute approximate surface area is 88.1 Å². The molecule has 0 bridgehead atoms. The van der Waals surface area contributed by atoms with Gasteiger partial charge in [-0.25, -0.2) is 0 Å². The van der Waals surface area contributed by atoms with E-state index in [0.29, 0.717) is 17.4 Å². The normalized spacial score (nSPS) is 34.5. The summed E-state index contributed by atoms with van der Waals surface area (Å²) < 4.78 is 0. The average Bonchev–Trinajstić information content (AvgIpc) is 2.02. The van der Waals surface area contributed by atoms with Crippen molar-refractivity contribution in [2.24, 2.45) is 11.3 Å². The van der Waals surface area contributed by atoms with Crippen molar-refractivity contribution in [2.45, 2.75) is 59.1 Å². The van der Waals surface area contributed by atoms with Crippen LogP contribution in [0.5, 0.6) is 0 Å². The number of nitrogens with one attached hydrogen (secondary N) is 1. The molecule has 0 aromatic rings. The van der Waals surface area contributed by atoms with Gasteiger partial charge in [-0.05, 0) is 37.1 Å². The van der Waals surface area contributed by atoms with E-state index in [1.165, 1.54) is 0 Å². The van der Waals surface area contributed by atoms with Gasteiger partial charge in [-0.1, -0.05) is 27.7 Å². The molecular formula is C12H25NO. The van der Waals surface area contributed by atoms with Gasteiger partial charge in [0, 0.05) is 6.04 Å². The zero-order valence-electron chi connectivity index (χ0n) is 10.0. The van der Waals surface area contributed by atoms with Crippen LogP contribution in [0.25, 0.3) is 0 Å². The first-order valence-corrected chi connectivity index (χ1v) is 5.86. The van der Waals surface area contributed by atoms with E-state index < -0.39 is 0 Å². The number of hydrogen-bond acceptors (Lipinski definition) is 2. The highest BCUT2D eigenvalue weighted by Crippen LogP contribution is 2.37. The fourth-order valence-electron chi connectivity index (χ4n) is 2.67. The van der Waals surface area contributed by atoms with E-state index in [4.69, 9.17) is 0 Å². The van der Waals surface area contributed by atoms with Crippen molar-refractivity contribution in [3.8, 4) is 0 Å². The fourth-order valence-corrected chi connectivity index (χ4v) is 2.67. The Morgan fingerprint density at radius 3 is 2.43 bits per heavy atom. The summed E-state index contributed by atoms with van der Waals surface area (Å²) in [6.07, 6.45) is 2.97. The second-order valence-corrected chi connectivity index (χ2v) is 5.60. The van der Waals surface area contributed by atoms with Crippen molar-refractivity contribution in [3.63, 3.8) is 0 Å². The van der Waals surface area contributed by atoms with Gasteiger partial charge in [0.2, 0.25) is 0 Å². The van der Waals surface area contributed by atoms with Crippen LogP contribution in [-0.2, 0) is 0 Å². The van der Waals surface area contributed by atoms with Gasteiger partial charge in [-0.3, -0.25) is 0 Å². The maximum Gasteiger partial charge on any atom is 0.0555 e. The predicted molar refractivity (Wildman–Crippen MR) is 60.3 cm³/mol. The number of rotatable bonds is 2. The molecule has 84 valence electrons. The first-order valence-electron chi connectivity index (χ1n) is 5.86. The maximum absolute atomic E-state index is 9.65. The lowest BCUT2D eigenvalue weighted by molar-refractivity contribution is 0.0440. The van der Waals surface area contributed by atoms with Crippen LogP contribution in [0.15, 0.2) is 0 Å². The van der Waals surface area contributed by atoms with Crippen molar-refractivity contribution >= 4 is 0 Å². The highest BCUT2D eigenvalue weighted by molar-refractivity contribution is 4.90. The molecule has 3 unspecified atom stereocenters. The van der Waals surface area contributed by atoms with Crippen LogP contribution in [-0.4, -0.2) is 23.8 Å². The minimum atomic E-state index is -0.0855. The zero-order valence-corrected chi connectivity index (χ0v) is 10.0. The lowest BCUT2D eigenvalue weighted by Crippen LogP contribution is -2.47. The summed E-state index contributed by atoms with van der Waals surface area (Å²) in [4.78, 5) is 0. The molecule has 1 aliphatic rings. The van der Waals surface area contributed by atoms with Crippen LogP contribution < -0.4 is 5.32 Å². The molecule has 1 saturated carbocycles. The second kappa shape index (κ2) is 4.63. The Bertz CT molecular complexity index is 174. The quantitative estimate of drug-likeness (QED) is 0.714. The molecule has 1 fully saturated rings. The molecule has 0 radical (unpaired) electrons. The van der Waals surface area contributed by atoms with Crippen LogP contribution in [0, 0.1) is 11.3 Å². The summed E-state index contributed by atoms with van der Waals surface area (Å²) in [5.41, 5.74) is 0.354. The van der Waals surface area contributed by atoms with Crippen LogP contribution in [0.2, 0.25) is 0 Å². The standard InChI is InChI=1S/C12H25NO/c1-5-13-11-8-9(14)6-7-10(11)12(2,3)4/h9-11,13-14H,5-8H2,1-4H3. The largest absolute Gasteiger partial charge is 0.393 e. The van der Waals surface area contributed by atoms with E-state index in [0.717, 1.165) is 25.8 Å². The minimum absolute atomic E-state index is 0.0855.